The zero-order chi connectivity index (χ0) is 18.7. The maximum absolute atomic E-state index is 12.8. The molecular weight excluding hydrogens is 346 g/mol. The van der Waals surface area contributed by atoms with Crippen LogP contribution in [-0.4, -0.2) is 22.9 Å². The van der Waals surface area contributed by atoms with Gasteiger partial charge in [0, 0.05) is 11.6 Å². The minimum Gasteiger partial charge on any atom is -0.360 e. The van der Waals surface area contributed by atoms with Gasteiger partial charge in [-0.15, -0.1) is 0 Å². The van der Waals surface area contributed by atoms with Gasteiger partial charge in [0.2, 0.25) is 11.8 Å². The Balaban J connectivity index is 1.36. The fraction of sp³-hybridized carbons (Fsp3) is 0.300. The minimum atomic E-state index is -0.340. The topological polar surface area (TPSA) is 92.5 Å². The molecule has 2 aliphatic carbocycles. The molecule has 4 atom stereocenters. The van der Waals surface area contributed by atoms with E-state index in [1.165, 1.54) is 4.90 Å². The van der Waals surface area contributed by atoms with Gasteiger partial charge in [-0.05, 0) is 49.4 Å². The van der Waals surface area contributed by atoms with Crippen LogP contribution in [-0.2, 0) is 9.59 Å². The number of nitrogens with zero attached hydrogens (tertiary/aromatic N) is 2. The van der Waals surface area contributed by atoms with Gasteiger partial charge in [-0.3, -0.25) is 19.3 Å². The second-order valence-electron chi connectivity index (χ2n) is 7.34. The Hall–Kier alpha value is -3.22. The molecule has 5 rings (SSSR count). The van der Waals surface area contributed by atoms with Crippen molar-refractivity contribution in [1.82, 2.24) is 5.16 Å². The van der Waals surface area contributed by atoms with Crippen molar-refractivity contribution in [2.75, 3.05) is 10.2 Å². The van der Waals surface area contributed by atoms with Gasteiger partial charge >= 0.3 is 0 Å². The Morgan fingerprint density at radius 1 is 1.11 bits per heavy atom. The fourth-order valence-corrected chi connectivity index (χ4v) is 4.53. The van der Waals surface area contributed by atoms with E-state index in [4.69, 9.17) is 4.52 Å². The highest BCUT2D eigenvalue weighted by atomic mass is 16.5. The van der Waals surface area contributed by atoms with Crippen LogP contribution in [0.1, 0.15) is 22.5 Å². The summed E-state index contributed by atoms with van der Waals surface area (Å²) in [6.07, 6.45) is 5.04. The van der Waals surface area contributed by atoms with Crippen molar-refractivity contribution in [3.05, 3.63) is 53.8 Å². The number of hydrogen-bond donors (Lipinski definition) is 1. The SMILES string of the molecule is Cc1cc(NC(=O)c2ccc(N3C(=O)[C@H]4[C@H](C3=O)[C@H]3C=C[C@H]4C3)cc2)no1. The first-order valence-corrected chi connectivity index (χ1v) is 8.94. The van der Waals surface area contributed by atoms with E-state index in [-0.39, 0.29) is 41.4 Å². The molecule has 2 fully saturated rings. The van der Waals surface area contributed by atoms with Crippen molar-refractivity contribution in [3.63, 3.8) is 0 Å². The Morgan fingerprint density at radius 2 is 1.74 bits per heavy atom. The van der Waals surface area contributed by atoms with E-state index in [0.29, 0.717) is 22.8 Å². The van der Waals surface area contributed by atoms with Crippen molar-refractivity contribution >= 4 is 29.2 Å². The van der Waals surface area contributed by atoms with Crippen LogP contribution in [0.3, 0.4) is 0 Å². The van der Waals surface area contributed by atoms with Crippen LogP contribution in [0, 0.1) is 30.6 Å². The Labute approximate surface area is 155 Å². The number of imide groups is 1. The Morgan fingerprint density at radius 3 is 2.30 bits per heavy atom. The first-order chi connectivity index (χ1) is 13.0. The highest BCUT2D eigenvalue weighted by Crippen LogP contribution is 2.53. The zero-order valence-electron chi connectivity index (χ0n) is 14.6. The van der Waals surface area contributed by atoms with Gasteiger partial charge in [0.15, 0.2) is 5.82 Å². The predicted octanol–water partition coefficient (Wildman–Crippen LogP) is 2.55. The van der Waals surface area contributed by atoms with Crippen LogP contribution in [0.5, 0.6) is 0 Å². The van der Waals surface area contributed by atoms with Crippen molar-refractivity contribution < 1.29 is 18.9 Å². The number of amides is 3. The number of allylic oxidation sites excluding steroid dienone is 2. The van der Waals surface area contributed by atoms with Crippen LogP contribution in [0.2, 0.25) is 0 Å². The van der Waals surface area contributed by atoms with Crippen molar-refractivity contribution in [3.8, 4) is 0 Å². The number of nitrogens with one attached hydrogen (secondary N) is 1. The number of carbonyl (C=O) groups excluding carboxylic acids is 3. The number of aromatic nitrogens is 1. The van der Waals surface area contributed by atoms with E-state index in [2.05, 4.69) is 22.6 Å². The number of anilines is 2. The smallest absolute Gasteiger partial charge is 0.256 e. The highest BCUT2D eigenvalue weighted by Gasteiger charge is 2.59. The maximum atomic E-state index is 12.8. The second-order valence-corrected chi connectivity index (χ2v) is 7.34. The van der Waals surface area contributed by atoms with Gasteiger partial charge in [-0.25, -0.2) is 0 Å². The van der Waals surface area contributed by atoms with Gasteiger partial charge in [-0.2, -0.15) is 0 Å². The van der Waals surface area contributed by atoms with E-state index in [0.717, 1.165) is 6.42 Å². The summed E-state index contributed by atoms with van der Waals surface area (Å²) in [5.41, 5.74) is 0.910. The van der Waals surface area contributed by atoms with E-state index >= 15 is 0 Å². The molecule has 2 aromatic rings. The number of benzene rings is 1. The molecule has 136 valence electrons. The standard InChI is InChI=1S/C20H17N3O4/c1-10-8-15(22-27-10)21-18(24)11-4-6-14(7-5-11)23-19(25)16-12-2-3-13(9-12)17(16)20(23)26/h2-8,12-13,16-17H,9H2,1H3,(H,21,22,24)/t12-,13-,16+,17+/m0/s1. The summed E-state index contributed by atoms with van der Waals surface area (Å²) in [5, 5.41) is 6.36. The molecule has 2 heterocycles. The normalized spacial score (nSPS) is 28.1. The average Bonchev–Trinajstić information content (AvgIpc) is 3.41. The molecular formula is C20H17N3O4. The molecule has 0 spiro atoms. The van der Waals surface area contributed by atoms with Crippen molar-refractivity contribution in [2.45, 2.75) is 13.3 Å². The summed E-state index contributed by atoms with van der Waals surface area (Å²) in [6, 6.07) is 8.08. The van der Waals surface area contributed by atoms with Gasteiger partial charge < -0.3 is 9.84 Å². The van der Waals surface area contributed by atoms with Crippen molar-refractivity contribution in [1.29, 1.82) is 0 Å². The van der Waals surface area contributed by atoms with Crippen LogP contribution in [0.15, 0.2) is 47.0 Å². The number of rotatable bonds is 3. The van der Waals surface area contributed by atoms with Crippen molar-refractivity contribution in [2.24, 2.45) is 23.7 Å². The first-order valence-electron chi connectivity index (χ1n) is 8.94. The number of aryl methyl sites for hydroxylation is 1. The molecule has 1 aromatic carbocycles. The third-order valence-electron chi connectivity index (χ3n) is 5.73. The van der Waals surface area contributed by atoms with Crippen LogP contribution >= 0.6 is 0 Å². The summed E-state index contributed by atoms with van der Waals surface area (Å²) in [7, 11) is 0. The molecule has 1 N–H and O–H groups in total. The summed E-state index contributed by atoms with van der Waals surface area (Å²) in [6.45, 7) is 1.73. The van der Waals surface area contributed by atoms with Gasteiger partial charge in [0.05, 0.1) is 17.5 Å². The van der Waals surface area contributed by atoms with E-state index in [1.54, 1.807) is 37.3 Å². The molecule has 2 bridgehead atoms. The molecule has 3 amide bonds. The third kappa shape index (κ3) is 2.34. The monoisotopic (exact) mass is 363 g/mol. The summed E-state index contributed by atoms with van der Waals surface area (Å²) >= 11 is 0. The fourth-order valence-electron chi connectivity index (χ4n) is 4.53. The average molecular weight is 363 g/mol. The van der Waals surface area contributed by atoms with Crippen LogP contribution < -0.4 is 10.2 Å². The van der Waals surface area contributed by atoms with Crippen LogP contribution in [0.25, 0.3) is 0 Å². The molecule has 3 aliphatic rings. The summed E-state index contributed by atoms with van der Waals surface area (Å²) in [5.74, 6) is 0.233. The minimum absolute atomic E-state index is 0.128. The quantitative estimate of drug-likeness (QED) is 0.668. The lowest BCUT2D eigenvalue weighted by Crippen LogP contribution is -2.32. The molecule has 1 saturated carbocycles. The van der Waals surface area contributed by atoms with Gasteiger partial charge in [0.1, 0.15) is 5.76 Å². The van der Waals surface area contributed by atoms with Gasteiger partial charge in [-0.1, -0.05) is 17.3 Å². The zero-order valence-corrected chi connectivity index (χ0v) is 14.6. The lowest BCUT2D eigenvalue weighted by Gasteiger charge is -2.17. The molecule has 0 unspecified atom stereocenters. The number of hydrogen-bond acceptors (Lipinski definition) is 5. The number of carbonyl (C=O) groups is 3. The molecule has 0 radical (unpaired) electrons. The molecule has 27 heavy (non-hydrogen) atoms. The third-order valence-corrected chi connectivity index (χ3v) is 5.73. The highest BCUT2D eigenvalue weighted by molar-refractivity contribution is 6.23. The lowest BCUT2D eigenvalue weighted by atomic mass is 9.85. The maximum Gasteiger partial charge on any atom is 0.256 e. The van der Waals surface area contributed by atoms with E-state index in [9.17, 15) is 14.4 Å². The molecule has 1 aromatic heterocycles. The largest absolute Gasteiger partial charge is 0.360 e. The predicted molar refractivity (Wildman–Crippen MR) is 95.8 cm³/mol. The van der Waals surface area contributed by atoms with Gasteiger partial charge in [0.25, 0.3) is 5.91 Å². The molecule has 1 aliphatic heterocycles. The van der Waals surface area contributed by atoms with E-state index in [1.807, 2.05) is 0 Å². The molecule has 1 saturated heterocycles. The Kier molecular flexibility index (Phi) is 3.34. The lowest BCUT2D eigenvalue weighted by molar-refractivity contribution is -0.123. The summed E-state index contributed by atoms with van der Waals surface area (Å²) in [4.78, 5) is 39.2. The first kappa shape index (κ1) is 16.0. The van der Waals surface area contributed by atoms with Crippen LogP contribution in [0.4, 0.5) is 11.5 Å². The number of fused-ring (bicyclic) bond motifs is 5. The summed E-state index contributed by atoms with van der Waals surface area (Å²) < 4.78 is 4.92. The molecule has 7 nitrogen and oxygen atoms in total. The van der Waals surface area contributed by atoms with E-state index < -0.39 is 0 Å². The molecule has 7 heteroatoms. The second kappa shape index (κ2) is 5.64. The Bertz CT molecular complexity index is 961.